The van der Waals surface area contributed by atoms with E-state index in [2.05, 4.69) is 10.2 Å². The number of aliphatic hydroxyl groups is 1. The second kappa shape index (κ2) is 5.56. The van der Waals surface area contributed by atoms with Crippen molar-refractivity contribution in [3.05, 3.63) is 28.9 Å². The van der Waals surface area contributed by atoms with Crippen LogP contribution in [0.3, 0.4) is 0 Å². The van der Waals surface area contributed by atoms with Crippen LogP contribution >= 0.6 is 11.6 Å². The third-order valence-electron chi connectivity index (χ3n) is 4.30. The number of nitrogens with zero attached hydrogens (tertiary/aromatic N) is 2. The molecule has 0 radical (unpaired) electrons. The first-order valence-electron chi connectivity index (χ1n) is 7.50. The van der Waals surface area contributed by atoms with Crippen LogP contribution in [-0.4, -0.2) is 44.8 Å². The highest BCUT2D eigenvalue weighted by atomic mass is 35.5. The van der Waals surface area contributed by atoms with Crippen LogP contribution in [0.4, 0.5) is 0 Å². The molecule has 1 amide bonds. The standard InChI is InChI=1S/C16H20ClN3O2/c1-16(2,22)15(21)20-5-3-10(4-6-20)12-7-11(17)8-14-13(12)9-18-19-14/h7-10,22H,3-6H2,1-2H3,(H,18,19). The van der Waals surface area contributed by atoms with E-state index in [0.29, 0.717) is 24.0 Å². The molecule has 22 heavy (non-hydrogen) atoms. The van der Waals surface area contributed by atoms with Crippen LogP contribution in [0, 0.1) is 0 Å². The fraction of sp³-hybridized carbons (Fsp3) is 0.500. The van der Waals surface area contributed by atoms with E-state index in [9.17, 15) is 9.90 Å². The Kier molecular flexibility index (Phi) is 3.87. The van der Waals surface area contributed by atoms with Gasteiger partial charge in [0.05, 0.1) is 11.7 Å². The molecule has 0 atom stereocenters. The monoisotopic (exact) mass is 321 g/mol. The molecule has 0 bridgehead atoms. The van der Waals surface area contributed by atoms with Crippen LogP contribution in [0.2, 0.25) is 5.02 Å². The van der Waals surface area contributed by atoms with Crippen molar-refractivity contribution in [2.24, 2.45) is 0 Å². The number of aromatic amines is 1. The minimum absolute atomic E-state index is 0.203. The number of carbonyl (C=O) groups is 1. The van der Waals surface area contributed by atoms with Gasteiger partial charge >= 0.3 is 0 Å². The Bertz CT molecular complexity index is 697. The number of halogens is 1. The Morgan fingerprint density at radius 1 is 1.41 bits per heavy atom. The largest absolute Gasteiger partial charge is 0.381 e. The van der Waals surface area contributed by atoms with Gasteiger partial charge in [0.2, 0.25) is 0 Å². The lowest BCUT2D eigenvalue weighted by atomic mass is 9.87. The van der Waals surface area contributed by atoms with Gasteiger partial charge in [-0.3, -0.25) is 9.89 Å². The van der Waals surface area contributed by atoms with Gasteiger partial charge in [0.1, 0.15) is 5.60 Å². The van der Waals surface area contributed by atoms with Crippen LogP contribution in [0.1, 0.15) is 38.2 Å². The summed E-state index contributed by atoms with van der Waals surface area (Å²) in [4.78, 5) is 13.9. The lowest BCUT2D eigenvalue weighted by Gasteiger charge is -2.35. The Labute approximate surface area is 134 Å². The minimum atomic E-state index is -1.30. The Balaban J connectivity index is 1.79. The van der Waals surface area contributed by atoms with Gasteiger partial charge in [-0.2, -0.15) is 5.10 Å². The second-order valence-electron chi connectivity index (χ2n) is 6.45. The number of fused-ring (bicyclic) bond motifs is 1. The maximum Gasteiger partial charge on any atom is 0.253 e. The zero-order valence-electron chi connectivity index (χ0n) is 12.8. The molecule has 2 aromatic rings. The smallest absolute Gasteiger partial charge is 0.253 e. The zero-order chi connectivity index (χ0) is 15.9. The number of benzene rings is 1. The highest BCUT2D eigenvalue weighted by Gasteiger charge is 2.32. The lowest BCUT2D eigenvalue weighted by molar-refractivity contribution is -0.148. The summed E-state index contributed by atoms with van der Waals surface area (Å²) >= 11 is 6.19. The topological polar surface area (TPSA) is 69.2 Å². The van der Waals surface area contributed by atoms with E-state index in [0.717, 1.165) is 23.7 Å². The third kappa shape index (κ3) is 2.83. The average Bonchev–Trinajstić information content (AvgIpc) is 2.93. The van der Waals surface area contributed by atoms with E-state index < -0.39 is 5.60 Å². The molecule has 118 valence electrons. The van der Waals surface area contributed by atoms with Crippen molar-refractivity contribution in [2.75, 3.05) is 13.1 Å². The normalized spacial score (nSPS) is 17.2. The van der Waals surface area contributed by atoms with Gasteiger partial charge in [0, 0.05) is 23.5 Å². The second-order valence-corrected chi connectivity index (χ2v) is 6.89. The predicted octanol–water partition coefficient (Wildman–Crippen LogP) is 2.69. The highest BCUT2D eigenvalue weighted by molar-refractivity contribution is 6.31. The predicted molar refractivity (Wildman–Crippen MR) is 86.0 cm³/mol. The first-order valence-corrected chi connectivity index (χ1v) is 7.88. The molecule has 1 saturated heterocycles. The molecule has 1 aliphatic heterocycles. The molecule has 2 heterocycles. The van der Waals surface area contributed by atoms with Gasteiger partial charge in [-0.25, -0.2) is 0 Å². The molecule has 1 aromatic carbocycles. The van der Waals surface area contributed by atoms with Crippen molar-refractivity contribution < 1.29 is 9.90 Å². The minimum Gasteiger partial charge on any atom is -0.381 e. The number of hydrogen-bond donors (Lipinski definition) is 2. The summed E-state index contributed by atoms with van der Waals surface area (Å²) in [6, 6.07) is 3.87. The van der Waals surface area contributed by atoms with Crippen molar-refractivity contribution >= 4 is 28.4 Å². The molecule has 6 heteroatoms. The number of aromatic nitrogens is 2. The van der Waals surface area contributed by atoms with E-state index in [-0.39, 0.29) is 5.91 Å². The van der Waals surface area contributed by atoms with Crippen molar-refractivity contribution in [1.82, 2.24) is 15.1 Å². The van der Waals surface area contributed by atoms with Crippen LogP contribution < -0.4 is 0 Å². The van der Waals surface area contributed by atoms with E-state index >= 15 is 0 Å². The number of piperidine rings is 1. The number of carbonyl (C=O) groups excluding carboxylic acids is 1. The maximum atomic E-state index is 12.1. The number of H-pyrrole nitrogens is 1. The molecule has 1 aromatic heterocycles. The number of amides is 1. The Morgan fingerprint density at radius 2 is 2.09 bits per heavy atom. The highest BCUT2D eigenvalue weighted by Crippen LogP contribution is 2.35. The molecule has 0 spiro atoms. The third-order valence-corrected chi connectivity index (χ3v) is 4.52. The fourth-order valence-electron chi connectivity index (χ4n) is 3.16. The van der Waals surface area contributed by atoms with Gasteiger partial charge in [-0.1, -0.05) is 11.6 Å². The zero-order valence-corrected chi connectivity index (χ0v) is 13.5. The molecular formula is C16H20ClN3O2. The van der Waals surface area contributed by atoms with Crippen LogP contribution in [-0.2, 0) is 4.79 Å². The van der Waals surface area contributed by atoms with E-state index in [1.807, 2.05) is 18.3 Å². The lowest BCUT2D eigenvalue weighted by Crippen LogP contribution is -2.48. The number of rotatable bonds is 2. The first-order chi connectivity index (χ1) is 10.4. The maximum absolute atomic E-state index is 12.1. The summed E-state index contributed by atoms with van der Waals surface area (Å²) in [7, 11) is 0. The van der Waals surface area contributed by atoms with E-state index in [1.165, 1.54) is 19.4 Å². The molecule has 2 N–H and O–H groups in total. The summed E-state index contributed by atoms with van der Waals surface area (Å²) < 4.78 is 0. The van der Waals surface area contributed by atoms with Gasteiger partial charge in [-0.15, -0.1) is 0 Å². The summed E-state index contributed by atoms with van der Waals surface area (Å²) in [6.45, 7) is 4.37. The number of hydrogen-bond acceptors (Lipinski definition) is 3. The van der Waals surface area contributed by atoms with Gasteiger partial charge in [0.15, 0.2) is 0 Å². The summed E-state index contributed by atoms with van der Waals surface area (Å²) in [5.74, 6) is 0.148. The Morgan fingerprint density at radius 3 is 2.73 bits per heavy atom. The van der Waals surface area contributed by atoms with Gasteiger partial charge in [0.25, 0.3) is 5.91 Å². The van der Waals surface area contributed by atoms with Gasteiger partial charge in [-0.05, 0) is 50.3 Å². The van der Waals surface area contributed by atoms with Gasteiger partial charge < -0.3 is 10.0 Å². The number of nitrogens with one attached hydrogen (secondary N) is 1. The van der Waals surface area contributed by atoms with Crippen LogP contribution in [0.15, 0.2) is 18.3 Å². The molecule has 0 saturated carbocycles. The summed E-state index contributed by atoms with van der Waals surface area (Å²) in [6.07, 6.45) is 3.56. The van der Waals surface area contributed by atoms with Crippen molar-refractivity contribution in [1.29, 1.82) is 0 Å². The summed E-state index contributed by atoms with van der Waals surface area (Å²) in [5, 5.41) is 18.7. The van der Waals surface area contributed by atoms with Crippen LogP contribution in [0.5, 0.6) is 0 Å². The molecule has 1 aliphatic rings. The molecule has 1 fully saturated rings. The Hall–Kier alpha value is -1.59. The quantitative estimate of drug-likeness (QED) is 0.893. The molecule has 5 nitrogen and oxygen atoms in total. The van der Waals surface area contributed by atoms with Crippen molar-refractivity contribution in [3.63, 3.8) is 0 Å². The summed E-state index contributed by atoms with van der Waals surface area (Å²) in [5.41, 5.74) is 0.824. The van der Waals surface area contributed by atoms with Crippen molar-refractivity contribution in [2.45, 2.75) is 38.2 Å². The van der Waals surface area contributed by atoms with E-state index in [4.69, 9.17) is 11.6 Å². The molecule has 0 unspecified atom stereocenters. The van der Waals surface area contributed by atoms with Crippen LogP contribution in [0.25, 0.3) is 10.9 Å². The van der Waals surface area contributed by atoms with Crippen molar-refractivity contribution in [3.8, 4) is 0 Å². The van der Waals surface area contributed by atoms with E-state index in [1.54, 1.807) is 4.90 Å². The SMILES string of the molecule is CC(C)(O)C(=O)N1CCC(c2cc(Cl)cc3[nH]ncc23)CC1. The molecule has 3 rings (SSSR count). The fourth-order valence-corrected chi connectivity index (χ4v) is 3.39. The number of likely N-dealkylation sites (tertiary alicyclic amines) is 1. The molecule has 0 aliphatic carbocycles. The average molecular weight is 322 g/mol. The first kappa shape index (κ1) is 15.3. The molecular weight excluding hydrogens is 302 g/mol.